The van der Waals surface area contributed by atoms with Crippen molar-refractivity contribution in [3.63, 3.8) is 0 Å². The summed E-state index contributed by atoms with van der Waals surface area (Å²) in [5.41, 5.74) is 1.10. The summed E-state index contributed by atoms with van der Waals surface area (Å²) in [6.45, 7) is 6.12. The fourth-order valence-corrected chi connectivity index (χ4v) is 7.84. The molecule has 10 unspecified atom stereocenters. The average Bonchev–Trinajstić information content (AvgIpc) is 3.58. The molecule has 0 amide bonds. The van der Waals surface area contributed by atoms with Gasteiger partial charge in [0.2, 0.25) is 0 Å². The van der Waals surface area contributed by atoms with Gasteiger partial charge in [-0.15, -0.1) is 0 Å². The van der Waals surface area contributed by atoms with Crippen LogP contribution in [0, 0.1) is 17.3 Å². The minimum atomic E-state index is -1.51. The largest absolute Gasteiger partial charge is 0.472 e. The van der Waals surface area contributed by atoms with Crippen molar-refractivity contribution in [3.8, 4) is 0 Å². The Balaban J connectivity index is 1.57. The number of hydrogen-bond donors (Lipinski definition) is 0. The molecule has 4 aliphatic rings. The molecule has 0 aromatic carbocycles. The number of methoxy groups -OCH3 is 1. The van der Waals surface area contributed by atoms with Gasteiger partial charge in [0.05, 0.1) is 31.7 Å². The molecule has 49 heavy (non-hydrogen) atoms. The summed E-state index contributed by atoms with van der Waals surface area (Å²) in [6.07, 6.45) is -3.34. The van der Waals surface area contributed by atoms with Gasteiger partial charge in [0, 0.05) is 38.8 Å². The molecule has 0 spiro atoms. The second kappa shape index (κ2) is 14.7. The second-order valence-corrected chi connectivity index (χ2v) is 13.0. The molecule has 1 aromatic heterocycles. The molecule has 2 saturated heterocycles. The van der Waals surface area contributed by atoms with E-state index in [0.717, 1.165) is 26.3 Å². The van der Waals surface area contributed by atoms with Crippen LogP contribution in [0.15, 0.2) is 34.2 Å². The highest BCUT2D eigenvalue weighted by Crippen LogP contribution is 2.60. The lowest BCUT2D eigenvalue weighted by atomic mass is 9.52. The molecule has 2 aliphatic carbocycles. The normalized spacial score (nSPS) is 34.0. The van der Waals surface area contributed by atoms with E-state index in [1.54, 1.807) is 6.07 Å². The lowest BCUT2D eigenvalue weighted by Crippen LogP contribution is -2.64. The highest BCUT2D eigenvalue weighted by Gasteiger charge is 2.60. The number of rotatable bonds is 9. The number of fused-ring (bicyclic) bond motifs is 3. The fourth-order valence-electron chi connectivity index (χ4n) is 7.84. The molecule has 0 radical (unpaired) electrons. The van der Waals surface area contributed by atoms with Crippen LogP contribution >= 0.6 is 0 Å². The van der Waals surface area contributed by atoms with Crippen molar-refractivity contribution in [2.75, 3.05) is 13.7 Å². The first-order chi connectivity index (χ1) is 23.2. The first-order valence-corrected chi connectivity index (χ1v) is 16.2. The highest BCUT2D eigenvalue weighted by atomic mass is 16.7. The van der Waals surface area contributed by atoms with Gasteiger partial charge >= 0.3 is 35.8 Å². The number of carbonyl (C=O) groups excluding carboxylic acids is 6. The number of carbonyl (C=O) groups is 6. The molecule has 3 heterocycles. The number of furan rings is 1. The third-order valence-electron chi connectivity index (χ3n) is 9.79. The van der Waals surface area contributed by atoms with E-state index in [-0.39, 0.29) is 12.3 Å². The first kappa shape index (κ1) is 36.1. The van der Waals surface area contributed by atoms with Gasteiger partial charge in [-0.2, -0.15) is 0 Å². The molecular formula is C34H42O15. The Bertz CT molecular complexity index is 1480. The summed E-state index contributed by atoms with van der Waals surface area (Å²) in [6, 6.07) is 1.75. The Hall–Kier alpha value is -4.24. The molecule has 3 fully saturated rings. The van der Waals surface area contributed by atoms with Crippen LogP contribution in [0.25, 0.3) is 0 Å². The minimum absolute atomic E-state index is 0.0621. The van der Waals surface area contributed by atoms with Crippen molar-refractivity contribution in [2.45, 2.75) is 110 Å². The van der Waals surface area contributed by atoms with Crippen LogP contribution in [0.3, 0.4) is 0 Å². The monoisotopic (exact) mass is 690 g/mol. The van der Waals surface area contributed by atoms with Gasteiger partial charge in [-0.1, -0.05) is 6.92 Å². The Morgan fingerprint density at radius 2 is 1.59 bits per heavy atom. The molecule has 5 rings (SSSR count). The van der Waals surface area contributed by atoms with Crippen molar-refractivity contribution >= 4 is 35.8 Å². The van der Waals surface area contributed by atoms with E-state index in [1.165, 1.54) is 26.6 Å². The Morgan fingerprint density at radius 3 is 2.20 bits per heavy atom. The molecule has 15 heteroatoms. The number of esters is 6. The van der Waals surface area contributed by atoms with Gasteiger partial charge in [0.25, 0.3) is 0 Å². The standard InChI is InChI=1S/C34H42O15/c1-16(35)43-15-26-28(44-17(2)36)29(45-18(3)37)30(46-19(4)38)33(49-26)48-24-12-23-32(40)47-25(20-10-11-42-14-20)13-34(23,5)22-9-7-8-21(27(22)24)31(39)41-6/h10-11,14,22-26,28-30,33H,7-9,12-13,15H2,1-6H3. The third-order valence-corrected chi connectivity index (χ3v) is 9.79. The molecule has 0 bridgehead atoms. The fraction of sp³-hybridized carbons (Fsp3) is 0.647. The van der Waals surface area contributed by atoms with Crippen LogP contribution in [0.5, 0.6) is 0 Å². The Kier molecular flexibility index (Phi) is 10.8. The van der Waals surface area contributed by atoms with Crippen LogP contribution in [0.2, 0.25) is 0 Å². The maximum atomic E-state index is 13.8. The first-order valence-electron chi connectivity index (χ1n) is 16.2. The van der Waals surface area contributed by atoms with Crippen molar-refractivity contribution in [1.29, 1.82) is 0 Å². The lowest BCUT2D eigenvalue weighted by molar-refractivity contribution is -0.318. The summed E-state index contributed by atoms with van der Waals surface area (Å²) in [7, 11) is 1.29. The van der Waals surface area contributed by atoms with Crippen LogP contribution in [-0.4, -0.2) is 86.3 Å². The van der Waals surface area contributed by atoms with Gasteiger partial charge in [0.1, 0.15) is 18.8 Å². The summed E-state index contributed by atoms with van der Waals surface area (Å²) in [5, 5.41) is 0. The van der Waals surface area contributed by atoms with Crippen LogP contribution in [0.4, 0.5) is 0 Å². The quantitative estimate of drug-likeness (QED) is 0.271. The van der Waals surface area contributed by atoms with E-state index >= 15 is 0 Å². The molecule has 1 saturated carbocycles. The Labute approximate surface area is 282 Å². The predicted octanol–water partition coefficient (Wildman–Crippen LogP) is 3.03. The van der Waals surface area contributed by atoms with Gasteiger partial charge in [0.15, 0.2) is 24.6 Å². The van der Waals surface area contributed by atoms with E-state index in [4.69, 9.17) is 42.3 Å². The summed E-state index contributed by atoms with van der Waals surface area (Å²) in [4.78, 5) is 75.8. The van der Waals surface area contributed by atoms with Crippen molar-refractivity contribution in [3.05, 3.63) is 35.3 Å². The summed E-state index contributed by atoms with van der Waals surface area (Å²) in [5.74, 6) is -5.00. The zero-order valence-electron chi connectivity index (χ0n) is 28.3. The van der Waals surface area contributed by atoms with Gasteiger partial charge in [-0.25, -0.2) is 4.79 Å². The van der Waals surface area contributed by atoms with E-state index in [9.17, 15) is 28.8 Å². The number of hydrogen-bond acceptors (Lipinski definition) is 15. The van der Waals surface area contributed by atoms with E-state index in [2.05, 4.69) is 0 Å². The molecular weight excluding hydrogens is 648 g/mol. The SMILES string of the molecule is COC(=O)C1=C2C(OC3OC(COC(C)=O)C(OC(C)=O)C(OC(C)=O)C3OC(C)=O)CC3C(=O)OC(c4ccoc4)CC3(C)C2CCC1. The lowest BCUT2D eigenvalue weighted by Gasteiger charge is -2.56. The van der Waals surface area contributed by atoms with Gasteiger partial charge in [-0.05, 0) is 55.1 Å². The van der Waals surface area contributed by atoms with E-state index in [0.29, 0.717) is 36.8 Å². The van der Waals surface area contributed by atoms with Crippen LogP contribution in [-0.2, 0) is 66.7 Å². The summed E-state index contributed by atoms with van der Waals surface area (Å²) < 4.78 is 51.1. The van der Waals surface area contributed by atoms with Crippen molar-refractivity contribution < 1.29 is 71.1 Å². The van der Waals surface area contributed by atoms with Crippen molar-refractivity contribution in [1.82, 2.24) is 0 Å². The van der Waals surface area contributed by atoms with Crippen LogP contribution in [0.1, 0.15) is 78.4 Å². The third kappa shape index (κ3) is 7.52. The molecule has 1 aromatic rings. The molecule has 10 atom stereocenters. The van der Waals surface area contributed by atoms with E-state index in [1.807, 2.05) is 6.92 Å². The maximum Gasteiger partial charge on any atom is 0.333 e. The summed E-state index contributed by atoms with van der Waals surface area (Å²) >= 11 is 0. The minimum Gasteiger partial charge on any atom is -0.472 e. The molecule has 0 N–H and O–H groups in total. The molecule has 15 nitrogen and oxygen atoms in total. The van der Waals surface area contributed by atoms with E-state index < -0.39 is 96.7 Å². The predicted molar refractivity (Wildman–Crippen MR) is 162 cm³/mol. The smallest absolute Gasteiger partial charge is 0.333 e. The second-order valence-electron chi connectivity index (χ2n) is 13.0. The highest BCUT2D eigenvalue weighted by molar-refractivity contribution is 5.90. The zero-order chi connectivity index (χ0) is 35.6. The number of ether oxygens (including phenoxy) is 8. The molecule has 268 valence electrons. The topological polar surface area (TPSA) is 189 Å². The zero-order valence-corrected chi connectivity index (χ0v) is 28.3. The van der Waals surface area contributed by atoms with Crippen LogP contribution < -0.4 is 0 Å². The molecule has 2 aliphatic heterocycles. The van der Waals surface area contributed by atoms with Gasteiger partial charge < -0.3 is 42.3 Å². The van der Waals surface area contributed by atoms with Crippen molar-refractivity contribution in [2.24, 2.45) is 17.3 Å². The maximum absolute atomic E-state index is 13.8. The van der Waals surface area contributed by atoms with Gasteiger partial charge in [-0.3, -0.25) is 24.0 Å². The Morgan fingerprint density at radius 1 is 0.918 bits per heavy atom. The average molecular weight is 691 g/mol. The number of cyclic esters (lactones) is 1.